The maximum Gasteiger partial charge on any atom is 0.251 e. The van der Waals surface area contributed by atoms with Gasteiger partial charge in [0.05, 0.1) is 23.6 Å². The van der Waals surface area contributed by atoms with E-state index in [2.05, 4.69) is 32.0 Å². The average Bonchev–Trinajstić information content (AvgIpc) is 3.10. The summed E-state index contributed by atoms with van der Waals surface area (Å²) in [5, 5.41) is 4.76. The molecule has 2 N–H and O–H groups in total. The van der Waals surface area contributed by atoms with Crippen LogP contribution in [-0.2, 0) is 19.9 Å². The zero-order chi connectivity index (χ0) is 21.8. The summed E-state index contributed by atoms with van der Waals surface area (Å²) in [5.41, 5.74) is 12.4. The predicted molar refractivity (Wildman–Crippen MR) is 125 cm³/mol. The fourth-order valence-corrected chi connectivity index (χ4v) is 3.72. The highest BCUT2D eigenvalue weighted by Gasteiger charge is 2.26. The van der Waals surface area contributed by atoms with E-state index in [1.54, 1.807) is 6.21 Å². The highest BCUT2D eigenvalue weighted by molar-refractivity contribution is 5.94. The van der Waals surface area contributed by atoms with Crippen molar-refractivity contribution in [3.63, 3.8) is 0 Å². The molecule has 8 heteroatoms. The van der Waals surface area contributed by atoms with Gasteiger partial charge >= 0.3 is 0 Å². The lowest BCUT2D eigenvalue weighted by Crippen LogP contribution is -2.16. The summed E-state index contributed by atoms with van der Waals surface area (Å²) in [5.74, 6) is 0.813. The minimum Gasteiger partial charge on any atom is -0.387 e. The number of nitrogens with zero attached hydrogens (tertiary/aromatic N) is 7. The summed E-state index contributed by atoms with van der Waals surface area (Å²) >= 11 is 0. The first kappa shape index (κ1) is 20.9. The molecule has 0 atom stereocenters. The molecule has 0 radical (unpaired) electrons. The van der Waals surface area contributed by atoms with E-state index < -0.39 is 0 Å². The number of benzene rings is 1. The molecule has 0 aliphatic heterocycles. The van der Waals surface area contributed by atoms with E-state index in [0.717, 1.165) is 59.7 Å². The Morgan fingerprint density at radius 1 is 1.23 bits per heavy atom. The monoisotopic (exact) mass is 416 g/mol. The van der Waals surface area contributed by atoms with Crippen molar-refractivity contribution in [1.82, 2.24) is 24.6 Å². The second kappa shape index (κ2) is 9.18. The highest BCUT2D eigenvalue weighted by atomic mass is 15.3. The molecule has 0 bridgehead atoms. The molecule has 0 spiro atoms. The summed E-state index contributed by atoms with van der Waals surface area (Å²) in [7, 11) is 6.03. The summed E-state index contributed by atoms with van der Waals surface area (Å²) in [4.78, 5) is 20.1. The van der Waals surface area contributed by atoms with Gasteiger partial charge in [0, 0.05) is 43.6 Å². The first-order chi connectivity index (χ1) is 15.0. The second-order valence-corrected chi connectivity index (χ2v) is 7.90. The van der Waals surface area contributed by atoms with E-state index in [1.165, 1.54) is 0 Å². The second-order valence-electron chi connectivity index (χ2n) is 7.90. The molecular weight excluding hydrogens is 388 g/mol. The van der Waals surface area contributed by atoms with Crippen molar-refractivity contribution in [2.45, 2.75) is 19.3 Å². The fraction of sp³-hybridized carbons (Fsp3) is 0.348. The van der Waals surface area contributed by atoms with Crippen molar-refractivity contribution in [2.75, 3.05) is 27.2 Å². The molecule has 0 unspecified atom stereocenters. The Kier molecular flexibility index (Phi) is 6.18. The minimum absolute atomic E-state index is 0.369. The Balaban J connectivity index is 1.63. The number of aliphatic imine (C=N–C) groups is 2. The number of fused-ring (bicyclic) bond motifs is 3. The number of amidine groups is 1. The smallest absolute Gasteiger partial charge is 0.251 e. The maximum absolute atomic E-state index is 6.10. The van der Waals surface area contributed by atoms with Crippen LogP contribution >= 0.6 is 0 Å². The molecule has 4 rings (SSSR count). The van der Waals surface area contributed by atoms with Crippen LogP contribution in [0.25, 0.3) is 22.5 Å². The van der Waals surface area contributed by atoms with Gasteiger partial charge < -0.3 is 10.6 Å². The quantitative estimate of drug-likeness (QED) is 0.472. The number of aryl methyl sites for hydroxylation is 3. The molecule has 8 nitrogen and oxygen atoms in total. The van der Waals surface area contributed by atoms with Crippen LogP contribution in [0, 0.1) is 0 Å². The Hall–Kier alpha value is -3.39. The van der Waals surface area contributed by atoms with Gasteiger partial charge in [-0.3, -0.25) is 9.67 Å². The van der Waals surface area contributed by atoms with Crippen molar-refractivity contribution in [3.05, 3.63) is 47.8 Å². The third kappa shape index (κ3) is 4.69. The van der Waals surface area contributed by atoms with E-state index in [-0.39, 0.29) is 0 Å². The average molecular weight is 417 g/mol. The number of rotatable bonds is 7. The minimum atomic E-state index is 0.369. The standard InChI is InChI=1S/C23H28N8/c1-30(2)14-13-25-12-11-19(24)27-23-26-15-17-9-10-18-20(21(17)28-23)22(31(3)29-18)16-7-5-4-6-8-16/h4-8,12,15H,9-11,13-14H2,1-3H3,(H2,24,26,27,28). The lowest BCUT2D eigenvalue weighted by atomic mass is 9.91. The van der Waals surface area contributed by atoms with Gasteiger partial charge in [-0.1, -0.05) is 30.3 Å². The van der Waals surface area contributed by atoms with Crippen molar-refractivity contribution >= 4 is 18.0 Å². The number of nitrogens with two attached hydrogens (primary N) is 1. The van der Waals surface area contributed by atoms with Gasteiger partial charge in [0.2, 0.25) is 0 Å². The van der Waals surface area contributed by atoms with Crippen LogP contribution in [0.5, 0.6) is 0 Å². The SMILES string of the molecule is CN(C)CCN=CCC(N)=Nc1ncc2c(n1)-c1c(nn(C)c1-c1ccccc1)CC2. The first-order valence-corrected chi connectivity index (χ1v) is 10.5. The molecule has 1 aliphatic carbocycles. The van der Waals surface area contributed by atoms with Gasteiger partial charge in [-0.05, 0) is 32.5 Å². The van der Waals surface area contributed by atoms with E-state index >= 15 is 0 Å². The molecule has 1 aromatic carbocycles. The molecule has 31 heavy (non-hydrogen) atoms. The van der Waals surface area contributed by atoms with E-state index in [0.29, 0.717) is 18.2 Å². The Labute approximate surface area is 182 Å². The van der Waals surface area contributed by atoms with Crippen molar-refractivity contribution < 1.29 is 0 Å². The van der Waals surface area contributed by atoms with Crippen LogP contribution in [0.3, 0.4) is 0 Å². The zero-order valence-electron chi connectivity index (χ0n) is 18.3. The normalized spacial score (nSPS) is 13.6. The molecule has 160 valence electrons. The van der Waals surface area contributed by atoms with Crippen LogP contribution in [0.2, 0.25) is 0 Å². The van der Waals surface area contributed by atoms with Crippen LogP contribution in [0.4, 0.5) is 5.95 Å². The maximum atomic E-state index is 6.10. The van der Waals surface area contributed by atoms with Crippen LogP contribution in [0.15, 0.2) is 46.5 Å². The zero-order valence-corrected chi connectivity index (χ0v) is 18.3. The number of likely N-dealkylation sites (N-methyl/N-ethyl adjacent to an activating group) is 1. The molecular formula is C23H28N8. The van der Waals surface area contributed by atoms with Gasteiger partial charge in [0.1, 0.15) is 5.84 Å². The highest BCUT2D eigenvalue weighted by Crippen LogP contribution is 2.39. The lowest BCUT2D eigenvalue weighted by molar-refractivity contribution is 0.421. The molecule has 2 aromatic heterocycles. The molecule has 0 saturated heterocycles. The summed E-state index contributed by atoms with van der Waals surface area (Å²) < 4.78 is 1.94. The fourth-order valence-electron chi connectivity index (χ4n) is 3.72. The Morgan fingerprint density at radius 2 is 2.03 bits per heavy atom. The topological polar surface area (TPSA) is 97.6 Å². The molecule has 1 aliphatic rings. The van der Waals surface area contributed by atoms with E-state index in [4.69, 9.17) is 15.8 Å². The van der Waals surface area contributed by atoms with E-state index in [1.807, 2.05) is 50.2 Å². The molecule has 0 amide bonds. The summed E-state index contributed by atoms with van der Waals surface area (Å²) in [6.07, 6.45) is 5.88. The molecule has 3 aromatic rings. The number of hydrogen-bond donors (Lipinski definition) is 1. The third-order valence-electron chi connectivity index (χ3n) is 5.24. The van der Waals surface area contributed by atoms with Gasteiger partial charge in [-0.15, -0.1) is 0 Å². The summed E-state index contributed by atoms with van der Waals surface area (Å²) in [6.45, 7) is 1.64. The van der Waals surface area contributed by atoms with Crippen LogP contribution < -0.4 is 5.73 Å². The first-order valence-electron chi connectivity index (χ1n) is 10.5. The summed E-state index contributed by atoms with van der Waals surface area (Å²) in [6, 6.07) is 10.3. The largest absolute Gasteiger partial charge is 0.387 e. The van der Waals surface area contributed by atoms with Crippen LogP contribution in [0.1, 0.15) is 17.7 Å². The lowest BCUT2D eigenvalue weighted by Gasteiger charge is -2.16. The molecule has 2 heterocycles. The van der Waals surface area contributed by atoms with Gasteiger partial charge in [0.25, 0.3) is 5.95 Å². The number of aromatic nitrogens is 4. The van der Waals surface area contributed by atoms with Crippen molar-refractivity contribution in [3.8, 4) is 22.5 Å². The third-order valence-corrected chi connectivity index (χ3v) is 5.24. The van der Waals surface area contributed by atoms with Crippen molar-refractivity contribution in [2.24, 2.45) is 22.8 Å². The van der Waals surface area contributed by atoms with Gasteiger partial charge in [-0.25, -0.2) is 9.97 Å². The Bertz CT molecular complexity index is 1110. The van der Waals surface area contributed by atoms with E-state index in [9.17, 15) is 0 Å². The van der Waals surface area contributed by atoms with Gasteiger partial charge in [0.15, 0.2) is 0 Å². The predicted octanol–water partition coefficient (Wildman–Crippen LogP) is 2.65. The van der Waals surface area contributed by atoms with Crippen molar-refractivity contribution in [1.29, 1.82) is 0 Å². The molecule has 0 fully saturated rings. The molecule has 0 saturated carbocycles. The Morgan fingerprint density at radius 3 is 2.81 bits per heavy atom. The van der Waals surface area contributed by atoms with Crippen LogP contribution in [-0.4, -0.2) is 63.9 Å². The number of hydrogen-bond acceptors (Lipinski definition) is 6. The van der Waals surface area contributed by atoms with Gasteiger partial charge in [-0.2, -0.15) is 10.1 Å².